The predicted octanol–water partition coefficient (Wildman–Crippen LogP) is 6.37. The van der Waals surface area contributed by atoms with Crippen LogP contribution in [0.5, 0.6) is 0 Å². The molecule has 0 radical (unpaired) electrons. The van der Waals surface area contributed by atoms with Crippen LogP contribution in [0.4, 0.5) is 0 Å². The summed E-state index contributed by atoms with van der Waals surface area (Å²) in [7, 11) is 0. The Bertz CT molecular complexity index is 1460. The molecule has 2 aliphatic rings. The lowest BCUT2D eigenvalue weighted by Gasteiger charge is -2.34. The van der Waals surface area contributed by atoms with Crippen LogP contribution in [0.15, 0.2) is 42.6 Å². The summed E-state index contributed by atoms with van der Waals surface area (Å²) in [6.45, 7) is 2.48. The molecule has 0 atom stereocenters. The molecule has 2 aliphatic carbocycles. The van der Waals surface area contributed by atoms with E-state index < -0.39 is 11.6 Å². The smallest absolute Gasteiger partial charge is 0.335 e. The highest BCUT2D eigenvalue weighted by atomic mass is 35.5. The first-order valence-corrected chi connectivity index (χ1v) is 13.8. The lowest BCUT2D eigenvalue weighted by molar-refractivity contribution is -0.0648. The quantitative estimate of drug-likeness (QED) is 0.284. The van der Waals surface area contributed by atoms with Crippen LogP contribution in [0.2, 0.25) is 5.02 Å². The molecule has 0 amide bonds. The number of rotatable bonds is 7. The minimum Gasteiger partial charge on any atom is -0.478 e. The molecule has 0 spiro atoms. The molecular weight excluding hydrogens is 510 g/mol. The number of carbonyl (C=O) groups is 1. The zero-order valence-corrected chi connectivity index (χ0v) is 22.1. The van der Waals surface area contributed by atoms with Gasteiger partial charge in [0.25, 0.3) is 0 Å². The second kappa shape index (κ2) is 9.51. The molecule has 6 rings (SSSR count). The lowest BCUT2D eigenvalue weighted by Crippen LogP contribution is -2.34. The molecule has 0 bridgehead atoms. The Morgan fingerprint density at radius 1 is 1.22 bits per heavy atom. The number of hydrogen-bond acceptors (Lipinski definition) is 6. The number of ether oxygens (including phenoxy) is 1. The summed E-state index contributed by atoms with van der Waals surface area (Å²) in [5, 5.41) is 26.7. The minimum atomic E-state index is -1.03. The molecule has 37 heavy (non-hydrogen) atoms. The number of aromatic carboxylic acids is 1. The number of halogens is 1. The average Bonchev–Trinajstić information content (AvgIpc) is 3.49. The van der Waals surface area contributed by atoms with Crippen molar-refractivity contribution < 1.29 is 19.7 Å². The van der Waals surface area contributed by atoms with Crippen molar-refractivity contribution in [3.63, 3.8) is 0 Å². The van der Waals surface area contributed by atoms with Crippen LogP contribution in [0, 0.1) is 6.92 Å². The highest BCUT2D eigenvalue weighted by molar-refractivity contribution is 7.18. The van der Waals surface area contributed by atoms with E-state index in [4.69, 9.17) is 21.4 Å². The first kappa shape index (κ1) is 24.6. The number of aliphatic hydroxyl groups is 1. The number of fused-ring (bicyclic) bond motifs is 1. The number of benzene rings is 2. The number of para-hydroxylation sites is 1. The van der Waals surface area contributed by atoms with E-state index in [1.807, 2.05) is 36.0 Å². The summed E-state index contributed by atoms with van der Waals surface area (Å²) in [6.07, 6.45) is 6.84. The summed E-state index contributed by atoms with van der Waals surface area (Å²) >= 11 is 7.94. The molecule has 2 fully saturated rings. The van der Waals surface area contributed by atoms with E-state index in [2.05, 4.69) is 4.98 Å². The van der Waals surface area contributed by atoms with Gasteiger partial charge in [-0.1, -0.05) is 23.7 Å². The van der Waals surface area contributed by atoms with Gasteiger partial charge in [-0.05, 0) is 86.8 Å². The van der Waals surface area contributed by atoms with E-state index in [9.17, 15) is 15.0 Å². The van der Waals surface area contributed by atoms with Gasteiger partial charge in [0, 0.05) is 0 Å². The fraction of sp³-hybridized carbons (Fsp3) is 0.393. The van der Waals surface area contributed by atoms with Crippen LogP contribution in [0.3, 0.4) is 0 Å². The second-order valence-electron chi connectivity index (χ2n) is 10.2. The number of aryl methyl sites for hydroxylation is 1. The zero-order valence-electron chi connectivity index (χ0n) is 20.5. The largest absolute Gasteiger partial charge is 0.478 e. The zero-order chi connectivity index (χ0) is 25.7. The fourth-order valence-corrected chi connectivity index (χ4v) is 6.71. The van der Waals surface area contributed by atoms with E-state index in [1.165, 1.54) is 29.7 Å². The van der Waals surface area contributed by atoms with Gasteiger partial charge in [-0.25, -0.2) is 14.5 Å². The third-order valence-corrected chi connectivity index (χ3v) is 9.08. The van der Waals surface area contributed by atoms with E-state index in [0.29, 0.717) is 53.8 Å². The van der Waals surface area contributed by atoms with Crippen LogP contribution in [-0.4, -0.2) is 37.1 Å². The maximum absolute atomic E-state index is 11.4. The minimum absolute atomic E-state index is 0.0241. The van der Waals surface area contributed by atoms with Gasteiger partial charge in [0.2, 0.25) is 0 Å². The monoisotopic (exact) mass is 537 g/mol. The molecule has 2 N–H and O–H groups in total. The Labute approximate surface area is 223 Å². The molecule has 0 unspecified atom stereocenters. The summed E-state index contributed by atoms with van der Waals surface area (Å²) in [5.74, 6) is -0.434. The first-order valence-electron chi connectivity index (χ1n) is 12.6. The van der Waals surface area contributed by atoms with E-state index in [0.717, 1.165) is 21.6 Å². The number of carboxylic acids is 1. The van der Waals surface area contributed by atoms with Crippen molar-refractivity contribution in [1.82, 2.24) is 14.8 Å². The van der Waals surface area contributed by atoms with Gasteiger partial charge in [-0.2, -0.15) is 5.10 Å². The maximum Gasteiger partial charge on any atom is 0.335 e. The van der Waals surface area contributed by atoms with E-state index in [1.54, 1.807) is 18.2 Å². The predicted molar refractivity (Wildman–Crippen MR) is 143 cm³/mol. The molecule has 2 aromatic heterocycles. The lowest BCUT2D eigenvalue weighted by atomic mass is 9.83. The molecule has 7 nitrogen and oxygen atoms in total. The van der Waals surface area contributed by atoms with Crippen LogP contribution < -0.4 is 0 Å². The molecule has 2 heterocycles. The SMILES string of the molecule is Cc1cccc(Cl)c1-n1ncc(C2CC2)c1CO[C@H]1CC[C@](O)(c2nc3ccc(C(=O)O)cc3s2)CC1. The van der Waals surface area contributed by atoms with Crippen LogP contribution in [-0.2, 0) is 16.9 Å². The van der Waals surface area contributed by atoms with Crippen molar-refractivity contribution in [2.45, 2.75) is 69.7 Å². The molecule has 0 saturated heterocycles. The standard InChI is InChI=1S/C28H28ClN3O4S/c1-16-3-2-4-21(29)25(16)32-23(20(14-30-32)17-5-6-17)15-36-19-9-11-28(35,12-10-19)27-31-22-8-7-18(26(33)34)13-24(22)37-27/h2-4,7-8,13-14,17,19,35H,5-6,9-12,15H2,1H3,(H,33,34)/t19-,28+. The Morgan fingerprint density at radius 2 is 2.00 bits per heavy atom. The first-order chi connectivity index (χ1) is 17.8. The maximum atomic E-state index is 11.4. The van der Waals surface area contributed by atoms with Crippen LogP contribution in [0.1, 0.15) is 76.6 Å². The number of carboxylic acid groups (broad SMARTS) is 1. The summed E-state index contributed by atoms with van der Waals surface area (Å²) in [4.78, 5) is 15.9. The Kier molecular flexibility index (Phi) is 6.31. The molecule has 2 aromatic carbocycles. The summed E-state index contributed by atoms with van der Waals surface area (Å²) in [5.41, 5.74) is 4.17. The average molecular weight is 538 g/mol. The van der Waals surface area contributed by atoms with Crippen molar-refractivity contribution in [1.29, 1.82) is 0 Å². The number of hydrogen-bond donors (Lipinski definition) is 2. The number of nitrogens with zero attached hydrogens (tertiary/aromatic N) is 3. The Morgan fingerprint density at radius 3 is 2.70 bits per heavy atom. The Hall–Kier alpha value is -2.78. The molecule has 192 valence electrons. The second-order valence-corrected chi connectivity index (χ2v) is 11.6. The highest BCUT2D eigenvalue weighted by Crippen LogP contribution is 2.44. The molecule has 2 saturated carbocycles. The van der Waals surface area contributed by atoms with Gasteiger partial charge < -0.3 is 14.9 Å². The normalized spacial score (nSPS) is 22.0. The van der Waals surface area contributed by atoms with Crippen molar-refractivity contribution in [3.8, 4) is 5.69 Å². The summed E-state index contributed by atoms with van der Waals surface area (Å²) in [6, 6.07) is 10.8. The van der Waals surface area contributed by atoms with Crippen LogP contribution >= 0.6 is 22.9 Å². The van der Waals surface area contributed by atoms with Gasteiger partial charge >= 0.3 is 5.97 Å². The molecular formula is C28H28ClN3O4S. The van der Waals surface area contributed by atoms with Crippen molar-refractivity contribution >= 4 is 39.1 Å². The van der Waals surface area contributed by atoms with Crippen molar-refractivity contribution in [3.05, 3.63) is 75.0 Å². The highest BCUT2D eigenvalue weighted by Gasteiger charge is 2.38. The third-order valence-electron chi connectivity index (χ3n) is 7.57. The molecule has 0 aliphatic heterocycles. The van der Waals surface area contributed by atoms with Gasteiger partial charge in [0.05, 0.1) is 51.1 Å². The van der Waals surface area contributed by atoms with Crippen LogP contribution in [0.25, 0.3) is 15.9 Å². The molecule has 9 heteroatoms. The van der Waals surface area contributed by atoms with E-state index >= 15 is 0 Å². The summed E-state index contributed by atoms with van der Waals surface area (Å²) < 4.78 is 9.14. The Balaban J connectivity index is 1.17. The topological polar surface area (TPSA) is 97.5 Å². The van der Waals surface area contributed by atoms with Gasteiger partial charge in [-0.15, -0.1) is 11.3 Å². The fourth-order valence-electron chi connectivity index (χ4n) is 5.25. The van der Waals surface area contributed by atoms with Crippen molar-refractivity contribution in [2.75, 3.05) is 0 Å². The van der Waals surface area contributed by atoms with Crippen molar-refractivity contribution in [2.24, 2.45) is 0 Å². The number of thiazole rings is 1. The molecule has 4 aromatic rings. The van der Waals surface area contributed by atoms with Gasteiger partial charge in [0.1, 0.15) is 10.6 Å². The number of aromatic nitrogens is 3. The van der Waals surface area contributed by atoms with Gasteiger partial charge in [-0.3, -0.25) is 0 Å². The van der Waals surface area contributed by atoms with Gasteiger partial charge in [0.15, 0.2) is 0 Å². The van der Waals surface area contributed by atoms with E-state index in [-0.39, 0.29) is 11.7 Å². The third kappa shape index (κ3) is 4.68.